The first kappa shape index (κ1) is 22.3. The Kier molecular flexibility index (Phi) is 13.9. The van der Waals surface area contributed by atoms with Crippen LogP contribution in [-0.2, 0) is 4.74 Å². The largest absolute Gasteiger partial charge is 0.491 e. The molecule has 0 aliphatic rings. The van der Waals surface area contributed by atoms with Crippen LogP contribution in [-0.4, -0.2) is 66.0 Å². The smallest absolute Gasteiger partial charge is 0.337 e. The third kappa shape index (κ3) is 11.0. The van der Waals surface area contributed by atoms with Gasteiger partial charge in [0.1, 0.15) is 18.5 Å². The van der Waals surface area contributed by atoms with Gasteiger partial charge in [-0.3, -0.25) is 0 Å². The van der Waals surface area contributed by atoms with Gasteiger partial charge in [-0.1, -0.05) is 12.8 Å². The number of ether oxygens (including phenoxy) is 2. The first-order valence-electron chi connectivity index (χ1n) is 7.90. The summed E-state index contributed by atoms with van der Waals surface area (Å²) >= 11 is 0. The Labute approximate surface area is 142 Å². The summed E-state index contributed by atoms with van der Waals surface area (Å²) in [7, 11) is 1.31. The molecular weight excluding hydrogens is 316 g/mol. The Hall–Kier alpha value is -1.67. The van der Waals surface area contributed by atoms with Crippen LogP contribution in [0.2, 0.25) is 0 Å². The van der Waals surface area contributed by atoms with Crippen molar-refractivity contribution < 1.29 is 34.7 Å². The number of methoxy groups -OCH3 is 1. The van der Waals surface area contributed by atoms with Gasteiger partial charge in [-0.05, 0) is 37.1 Å². The monoisotopic (exact) mass is 344 g/mol. The summed E-state index contributed by atoms with van der Waals surface area (Å²) in [6.07, 6.45) is 2.92. The Balaban J connectivity index is 0.000000561. The molecule has 7 nitrogen and oxygen atoms in total. The van der Waals surface area contributed by atoms with Gasteiger partial charge in [0, 0.05) is 13.2 Å². The van der Waals surface area contributed by atoms with E-state index in [1.54, 1.807) is 24.3 Å². The SMILES string of the molecule is COC(=O)c1ccc(OCC(O)CO)cc1.OCCCCCCO. The van der Waals surface area contributed by atoms with Gasteiger partial charge in [0.05, 0.1) is 19.3 Å². The number of carbonyl (C=O) groups is 1. The average molecular weight is 344 g/mol. The molecule has 0 radical (unpaired) electrons. The molecule has 0 bridgehead atoms. The van der Waals surface area contributed by atoms with E-state index in [9.17, 15) is 4.79 Å². The normalized spacial score (nSPS) is 11.2. The van der Waals surface area contributed by atoms with E-state index in [0.29, 0.717) is 11.3 Å². The molecule has 1 rings (SSSR count). The van der Waals surface area contributed by atoms with Crippen molar-refractivity contribution in [1.82, 2.24) is 0 Å². The Morgan fingerprint density at radius 1 is 1.00 bits per heavy atom. The summed E-state index contributed by atoms with van der Waals surface area (Å²) in [4.78, 5) is 11.1. The molecule has 0 aromatic heterocycles. The number of benzene rings is 1. The maximum absolute atomic E-state index is 11.1. The fourth-order valence-electron chi connectivity index (χ4n) is 1.63. The molecule has 1 atom stereocenters. The maximum atomic E-state index is 11.1. The van der Waals surface area contributed by atoms with E-state index in [2.05, 4.69) is 4.74 Å². The molecule has 0 fully saturated rings. The minimum absolute atomic E-state index is 0.00801. The number of esters is 1. The van der Waals surface area contributed by atoms with Gasteiger partial charge in [0.2, 0.25) is 0 Å². The van der Waals surface area contributed by atoms with Crippen LogP contribution >= 0.6 is 0 Å². The van der Waals surface area contributed by atoms with E-state index in [1.807, 2.05) is 0 Å². The van der Waals surface area contributed by atoms with Crippen molar-refractivity contribution in [3.05, 3.63) is 29.8 Å². The van der Waals surface area contributed by atoms with Crippen LogP contribution in [0.1, 0.15) is 36.0 Å². The highest BCUT2D eigenvalue weighted by atomic mass is 16.5. The third-order valence-electron chi connectivity index (χ3n) is 2.99. The maximum Gasteiger partial charge on any atom is 0.337 e. The van der Waals surface area contributed by atoms with E-state index in [1.165, 1.54) is 7.11 Å². The quantitative estimate of drug-likeness (QED) is 0.365. The molecule has 1 aromatic rings. The van der Waals surface area contributed by atoms with E-state index >= 15 is 0 Å². The first-order valence-corrected chi connectivity index (χ1v) is 7.90. The lowest BCUT2D eigenvalue weighted by Crippen LogP contribution is -2.21. The highest BCUT2D eigenvalue weighted by molar-refractivity contribution is 5.89. The molecular formula is C17H28O7. The molecule has 24 heavy (non-hydrogen) atoms. The van der Waals surface area contributed by atoms with Crippen molar-refractivity contribution in [1.29, 1.82) is 0 Å². The van der Waals surface area contributed by atoms with Crippen LogP contribution in [0.5, 0.6) is 5.75 Å². The minimum Gasteiger partial charge on any atom is -0.491 e. The van der Waals surface area contributed by atoms with Gasteiger partial charge in [-0.15, -0.1) is 0 Å². The second kappa shape index (κ2) is 14.9. The van der Waals surface area contributed by atoms with Crippen LogP contribution in [0.25, 0.3) is 0 Å². The molecule has 0 saturated heterocycles. The molecule has 0 amide bonds. The molecule has 7 heteroatoms. The molecule has 4 N–H and O–H groups in total. The summed E-state index contributed by atoms with van der Waals surface area (Å²) < 4.78 is 9.70. The fourth-order valence-corrected chi connectivity index (χ4v) is 1.63. The molecule has 1 aromatic carbocycles. The number of rotatable bonds is 10. The summed E-state index contributed by atoms with van der Waals surface area (Å²) in [6.45, 7) is 0.227. The average Bonchev–Trinajstić information content (AvgIpc) is 2.63. The van der Waals surface area contributed by atoms with Gasteiger partial charge in [0.25, 0.3) is 0 Å². The molecule has 0 spiro atoms. The molecule has 0 heterocycles. The Bertz CT molecular complexity index is 413. The van der Waals surface area contributed by atoms with Crippen LogP contribution in [0, 0.1) is 0 Å². The summed E-state index contributed by atoms with van der Waals surface area (Å²) in [5.74, 6) is 0.0992. The predicted octanol–water partition coefficient (Wildman–Crippen LogP) is 0.737. The molecule has 0 saturated carbocycles. The van der Waals surface area contributed by atoms with Crippen molar-refractivity contribution in [3.63, 3.8) is 0 Å². The number of carbonyl (C=O) groups excluding carboxylic acids is 1. The van der Waals surface area contributed by atoms with E-state index < -0.39 is 12.1 Å². The predicted molar refractivity (Wildman–Crippen MR) is 89.0 cm³/mol. The standard InChI is InChI=1S/C11H14O5.C6H14O2/c1-15-11(14)8-2-4-10(5-3-8)16-7-9(13)6-12;7-5-3-1-2-4-6-8/h2-5,9,12-13H,6-7H2,1H3;7-8H,1-6H2. The van der Waals surface area contributed by atoms with Crippen molar-refractivity contribution in [2.75, 3.05) is 33.5 Å². The van der Waals surface area contributed by atoms with Crippen LogP contribution in [0.15, 0.2) is 24.3 Å². The lowest BCUT2D eigenvalue weighted by atomic mass is 10.2. The first-order chi connectivity index (χ1) is 11.6. The van der Waals surface area contributed by atoms with Crippen molar-refractivity contribution in [2.45, 2.75) is 31.8 Å². The highest BCUT2D eigenvalue weighted by Crippen LogP contribution is 2.13. The number of hydrogen-bond donors (Lipinski definition) is 4. The van der Waals surface area contributed by atoms with E-state index in [4.69, 9.17) is 25.2 Å². The number of hydrogen-bond acceptors (Lipinski definition) is 7. The minimum atomic E-state index is -0.903. The van der Waals surface area contributed by atoms with Crippen molar-refractivity contribution in [3.8, 4) is 5.75 Å². The number of aliphatic hydroxyl groups is 4. The number of unbranched alkanes of at least 4 members (excludes halogenated alkanes) is 3. The molecule has 0 aliphatic heterocycles. The Morgan fingerprint density at radius 3 is 1.96 bits per heavy atom. The molecule has 1 unspecified atom stereocenters. The lowest BCUT2D eigenvalue weighted by Gasteiger charge is -2.09. The molecule has 138 valence electrons. The lowest BCUT2D eigenvalue weighted by molar-refractivity contribution is 0.0535. The van der Waals surface area contributed by atoms with E-state index in [0.717, 1.165) is 25.7 Å². The zero-order chi connectivity index (χ0) is 18.2. The van der Waals surface area contributed by atoms with Crippen molar-refractivity contribution >= 4 is 5.97 Å². The Morgan fingerprint density at radius 2 is 1.54 bits per heavy atom. The fraction of sp³-hybridized carbons (Fsp3) is 0.588. The summed E-state index contributed by atoms with van der Waals surface area (Å²) in [5.41, 5.74) is 0.428. The third-order valence-corrected chi connectivity index (χ3v) is 2.99. The number of aliphatic hydroxyl groups excluding tert-OH is 4. The van der Waals surface area contributed by atoms with Gasteiger partial charge in [0.15, 0.2) is 0 Å². The summed E-state index contributed by atoms with van der Waals surface area (Å²) in [6, 6.07) is 6.31. The van der Waals surface area contributed by atoms with Crippen LogP contribution in [0.4, 0.5) is 0 Å². The van der Waals surface area contributed by atoms with Gasteiger partial charge in [-0.2, -0.15) is 0 Å². The second-order valence-electron chi connectivity index (χ2n) is 5.02. The van der Waals surface area contributed by atoms with Gasteiger partial charge >= 0.3 is 5.97 Å². The van der Waals surface area contributed by atoms with Crippen LogP contribution in [0.3, 0.4) is 0 Å². The van der Waals surface area contributed by atoms with E-state index in [-0.39, 0.29) is 26.4 Å². The zero-order valence-corrected chi connectivity index (χ0v) is 14.1. The molecule has 0 aliphatic carbocycles. The zero-order valence-electron chi connectivity index (χ0n) is 14.1. The van der Waals surface area contributed by atoms with Gasteiger partial charge in [-0.25, -0.2) is 4.79 Å². The summed E-state index contributed by atoms with van der Waals surface area (Å²) in [5, 5.41) is 34.2. The highest BCUT2D eigenvalue weighted by Gasteiger charge is 2.06. The van der Waals surface area contributed by atoms with Crippen molar-refractivity contribution in [2.24, 2.45) is 0 Å². The second-order valence-corrected chi connectivity index (χ2v) is 5.02. The van der Waals surface area contributed by atoms with Crippen LogP contribution < -0.4 is 4.74 Å². The van der Waals surface area contributed by atoms with Gasteiger partial charge < -0.3 is 29.9 Å². The topological polar surface area (TPSA) is 116 Å².